The van der Waals surface area contributed by atoms with Gasteiger partial charge in [0.1, 0.15) is 0 Å². The number of nitro benzene ring substituents is 2. The second-order valence-electron chi connectivity index (χ2n) is 6.71. The summed E-state index contributed by atoms with van der Waals surface area (Å²) in [7, 11) is 1.38. The number of amides is 1. The van der Waals surface area contributed by atoms with Gasteiger partial charge in [-0.3, -0.25) is 25.0 Å². The molecule has 0 unspecified atom stereocenters. The number of carbonyl (C=O) groups is 1. The van der Waals surface area contributed by atoms with Crippen molar-refractivity contribution in [2.45, 2.75) is 4.90 Å². The highest BCUT2D eigenvalue weighted by atomic mass is 35.5. The van der Waals surface area contributed by atoms with Gasteiger partial charge in [-0.1, -0.05) is 11.6 Å². The van der Waals surface area contributed by atoms with Crippen LogP contribution in [0.4, 0.5) is 11.4 Å². The zero-order valence-electron chi connectivity index (χ0n) is 18.0. The van der Waals surface area contributed by atoms with E-state index in [2.05, 4.69) is 10.5 Å². The number of carbonyl (C=O) groups excluding carboxylic acids is 1. The maximum Gasteiger partial charge on any atom is 0.318 e. The number of nitrogens with one attached hydrogen (secondary N) is 1. The molecule has 0 aliphatic heterocycles. The smallest absolute Gasteiger partial charge is 0.318 e. The number of ether oxygens (including phenoxy) is 2. The standard InChI is InChI=1S/C22H17ClN4O7S/c1-33-21-10-14(12-24-25-22(28)13-35-17-6-3-15(23)4-7-17)2-8-20(21)34-19-9-5-16(26(29)30)11-18(19)27(31)32/h2-12H,13H2,1H3,(H,25,28)/b24-12-. The molecule has 0 spiro atoms. The van der Waals surface area contributed by atoms with Gasteiger partial charge in [-0.05, 0) is 54.1 Å². The van der Waals surface area contributed by atoms with Crippen LogP contribution >= 0.6 is 23.4 Å². The lowest BCUT2D eigenvalue weighted by Crippen LogP contribution is -2.19. The normalized spacial score (nSPS) is 10.7. The summed E-state index contributed by atoms with van der Waals surface area (Å²) in [5.41, 5.74) is 1.98. The highest BCUT2D eigenvalue weighted by molar-refractivity contribution is 8.00. The van der Waals surface area contributed by atoms with E-state index in [9.17, 15) is 25.0 Å². The summed E-state index contributed by atoms with van der Waals surface area (Å²) in [6.45, 7) is 0. The molecule has 0 aliphatic carbocycles. The molecule has 0 aliphatic rings. The molecule has 0 bridgehead atoms. The van der Waals surface area contributed by atoms with Crippen LogP contribution in [-0.4, -0.2) is 34.8 Å². The van der Waals surface area contributed by atoms with E-state index in [0.717, 1.165) is 23.1 Å². The van der Waals surface area contributed by atoms with Gasteiger partial charge in [0.25, 0.3) is 5.69 Å². The van der Waals surface area contributed by atoms with E-state index in [0.29, 0.717) is 10.6 Å². The maximum atomic E-state index is 12.0. The van der Waals surface area contributed by atoms with E-state index < -0.39 is 21.2 Å². The summed E-state index contributed by atoms with van der Waals surface area (Å²) in [6, 6.07) is 14.8. The molecule has 180 valence electrons. The third-order valence-corrected chi connectivity index (χ3v) is 5.61. The summed E-state index contributed by atoms with van der Waals surface area (Å²) in [5.74, 6) is 0.0314. The second-order valence-corrected chi connectivity index (χ2v) is 8.20. The summed E-state index contributed by atoms with van der Waals surface area (Å²) in [4.78, 5) is 33.6. The largest absolute Gasteiger partial charge is 0.493 e. The molecule has 3 aromatic rings. The van der Waals surface area contributed by atoms with Crippen molar-refractivity contribution < 1.29 is 24.1 Å². The quantitative estimate of drug-likeness (QED) is 0.167. The molecular weight excluding hydrogens is 500 g/mol. The molecule has 35 heavy (non-hydrogen) atoms. The van der Waals surface area contributed by atoms with E-state index in [1.807, 2.05) is 12.1 Å². The first kappa shape index (κ1) is 25.5. The highest BCUT2D eigenvalue weighted by Crippen LogP contribution is 2.38. The van der Waals surface area contributed by atoms with E-state index in [4.69, 9.17) is 21.1 Å². The summed E-state index contributed by atoms with van der Waals surface area (Å²) >= 11 is 7.17. The Kier molecular flexibility index (Phi) is 8.59. The maximum absolute atomic E-state index is 12.0. The molecule has 0 radical (unpaired) electrons. The van der Waals surface area contributed by atoms with Crippen molar-refractivity contribution >= 4 is 46.9 Å². The molecular formula is C22H17ClN4O7S. The number of rotatable bonds is 10. The van der Waals surface area contributed by atoms with Crippen LogP contribution in [0.3, 0.4) is 0 Å². The monoisotopic (exact) mass is 516 g/mol. The van der Waals surface area contributed by atoms with Crippen LogP contribution in [0.25, 0.3) is 0 Å². The average Bonchev–Trinajstić information content (AvgIpc) is 2.84. The number of methoxy groups -OCH3 is 1. The van der Waals surface area contributed by atoms with Crippen molar-refractivity contribution in [3.63, 3.8) is 0 Å². The van der Waals surface area contributed by atoms with E-state index in [1.54, 1.807) is 24.3 Å². The molecule has 1 N–H and O–H groups in total. The first-order valence-corrected chi connectivity index (χ1v) is 11.1. The molecule has 0 saturated carbocycles. The van der Waals surface area contributed by atoms with Crippen molar-refractivity contribution in [2.75, 3.05) is 12.9 Å². The number of hydrazone groups is 1. The SMILES string of the molecule is COc1cc(/C=N\NC(=O)CSc2ccc(Cl)cc2)ccc1Oc1ccc([N+](=O)[O-])cc1[N+](=O)[O-]. The Labute approximate surface area is 208 Å². The van der Waals surface area contributed by atoms with Crippen molar-refractivity contribution in [3.05, 3.63) is 91.5 Å². The lowest BCUT2D eigenvalue weighted by Gasteiger charge is -2.11. The Morgan fingerprint density at radius 2 is 1.74 bits per heavy atom. The van der Waals surface area contributed by atoms with Crippen molar-refractivity contribution in [1.29, 1.82) is 0 Å². The predicted molar refractivity (Wildman–Crippen MR) is 131 cm³/mol. The van der Waals surface area contributed by atoms with Crippen LogP contribution in [-0.2, 0) is 4.79 Å². The summed E-state index contributed by atoms with van der Waals surface area (Å²) in [5, 5.41) is 26.7. The van der Waals surface area contributed by atoms with Crippen LogP contribution in [0.2, 0.25) is 5.02 Å². The fourth-order valence-corrected chi connectivity index (χ4v) is 3.52. The molecule has 3 aromatic carbocycles. The van der Waals surface area contributed by atoms with Gasteiger partial charge in [-0.25, -0.2) is 5.43 Å². The first-order valence-electron chi connectivity index (χ1n) is 9.76. The van der Waals surface area contributed by atoms with Crippen LogP contribution in [0, 0.1) is 20.2 Å². The minimum Gasteiger partial charge on any atom is -0.493 e. The predicted octanol–water partition coefficient (Wildman–Crippen LogP) is 5.20. The Morgan fingerprint density at radius 3 is 2.40 bits per heavy atom. The van der Waals surface area contributed by atoms with E-state index in [1.165, 1.54) is 31.2 Å². The number of halogens is 1. The van der Waals surface area contributed by atoms with Gasteiger partial charge >= 0.3 is 5.69 Å². The van der Waals surface area contributed by atoms with Crippen molar-refractivity contribution in [1.82, 2.24) is 5.43 Å². The Bertz CT molecular complexity index is 1290. The molecule has 0 saturated heterocycles. The number of thioether (sulfide) groups is 1. The molecule has 13 heteroatoms. The fourth-order valence-electron chi connectivity index (χ4n) is 2.71. The van der Waals surface area contributed by atoms with Gasteiger partial charge in [0.15, 0.2) is 11.5 Å². The molecule has 11 nitrogen and oxygen atoms in total. The van der Waals surface area contributed by atoms with E-state index >= 15 is 0 Å². The molecule has 0 aromatic heterocycles. The average molecular weight is 517 g/mol. The van der Waals surface area contributed by atoms with Crippen molar-refractivity contribution in [2.24, 2.45) is 5.10 Å². The van der Waals surface area contributed by atoms with Gasteiger partial charge in [-0.15, -0.1) is 11.8 Å². The third-order valence-electron chi connectivity index (χ3n) is 4.34. The van der Waals surface area contributed by atoms with Gasteiger partial charge in [0.05, 0.1) is 35.0 Å². The van der Waals surface area contributed by atoms with E-state index in [-0.39, 0.29) is 28.9 Å². The van der Waals surface area contributed by atoms with Gasteiger partial charge in [0.2, 0.25) is 11.7 Å². The number of non-ortho nitro benzene ring substituents is 1. The second kappa shape index (κ2) is 11.8. The number of nitrogens with zero attached hydrogens (tertiary/aromatic N) is 3. The van der Waals surface area contributed by atoms with Crippen LogP contribution in [0.15, 0.2) is 70.7 Å². The highest BCUT2D eigenvalue weighted by Gasteiger charge is 2.22. The Balaban J connectivity index is 1.65. The molecule has 0 fully saturated rings. The first-order chi connectivity index (χ1) is 16.8. The van der Waals surface area contributed by atoms with Crippen LogP contribution in [0.1, 0.15) is 5.56 Å². The lowest BCUT2D eigenvalue weighted by atomic mass is 10.2. The molecule has 1 amide bonds. The third kappa shape index (κ3) is 7.16. The number of benzene rings is 3. The zero-order chi connectivity index (χ0) is 25.4. The van der Waals surface area contributed by atoms with Crippen LogP contribution in [0.5, 0.6) is 17.2 Å². The Hall–Kier alpha value is -4.16. The zero-order valence-corrected chi connectivity index (χ0v) is 19.6. The molecule has 3 rings (SSSR count). The number of hydrogen-bond donors (Lipinski definition) is 1. The van der Waals surface area contributed by atoms with Crippen LogP contribution < -0.4 is 14.9 Å². The molecule has 0 heterocycles. The van der Waals surface area contributed by atoms with Gasteiger partial charge < -0.3 is 9.47 Å². The lowest BCUT2D eigenvalue weighted by molar-refractivity contribution is -0.394. The summed E-state index contributed by atoms with van der Waals surface area (Å²) < 4.78 is 10.9. The van der Waals surface area contributed by atoms with Gasteiger partial charge in [-0.2, -0.15) is 5.10 Å². The minimum atomic E-state index is -0.774. The minimum absolute atomic E-state index is 0.144. The van der Waals surface area contributed by atoms with Crippen molar-refractivity contribution in [3.8, 4) is 17.2 Å². The fraction of sp³-hybridized carbons (Fsp3) is 0.0909. The number of hydrogen-bond acceptors (Lipinski definition) is 9. The topological polar surface area (TPSA) is 146 Å². The number of nitro groups is 2. The van der Waals surface area contributed by atoms with Gasteiger partial charge in [0, 0.05) is 16.0 Å². The Morgan fingerprint density at radius 1 is 1.03 bits per heavy atom. The summed E-state index contributed by atoms with van der Waals surface area (Å²) in [6.07, 6.45) is 1.39. The molecule has 0 atom stereocenters.